The summed E-state index contributed by atoms with van der Waals surface area (Å²) in [4.78, 5) is 2.60. The summed E-state index contributed by atoms with van der Waals surface area (Å²) in [6.45, 7) is 12.6. The van der Waals surface area contributed by atoms with E-state index in [1.807, 2.05) is 0 Å². The first kappa shape index (κ1) is 13.4. The van der Waals surface area contributed by atoms with E-state index >= 15 is 0 Å². The van der Waals surface area contributed by atoms with Crippen molar-refractivity contribution in [2.45, 2.75) is 65.0 Å². The molecule has 1 saturated carbocycles. The normalized spacial score (nSPS) is 36.0. The molecule has 0 aromatic rings. The van der Waals surface area contributed by atoms with E-state index < -0.39 is 0 Å². The van der Waals surface area contributed by atoms with E-state index in [9.17, 15) is 0 Å². The summed E-state index contributed by atoms with van der Waals surface area (Å²) in [5.74, 6) is 1.77. The second-order valence-corrected chi connectivity index (χ2v) is 6.68. The number of hydrogen-bond acceptors (Lipinski definition) is 2. The van der Waals surface area contributed by atoms with Gasteiger partial charge in [0.25, 0.3) is 0 Å². The van der Waals surface area contributed by atoms with E-state index in [0.29, 0.717) is 6.04 Å². The average molecular weight is 239 g/mol. The zero-order valence-electron chi connectivity index (χ0n) is 12.0. The molecule has 0 unspecified atom stereocenters. The lowest BCUT2D eigenvalue weighted by Crippen LogP contribution is -2.55. The molecular weight excluding hydrogens is 210 g/mol. The lowest BCUT2D eigenvalue weighted by atomic mass is 9.74. The van der Waals surface area contributed by atoms with Crippen molar-refractivity contribution in [1.82, 2.24) is 4.90 Å². The van der Waals surface area contributed by atoms with Gasteiger partial charge in [0.15, 0.2) is 0 Å². The topological polar surface area (TPSA) is 12.5 Å². The molecule has 1 aliphatic carbocycles. The summed E-state index contributed by atoms with van der Waals surface area (Å²) in [5.41, 5.74) is 0.202. The molecule has 100 valence electrons. The van der Waals surface area contributed by atoms with Gasteiger partial charge in [0.1, 0.15) is 0 Å². The van der Waals surface area contributed by atoms with E-state index in [1.165, 1.54) is 25.7 Å². The summed E-state index contributed by atoms with van der Waals surface area (Å²) in [6.07, 6.45) is 5.28. The molecule has 2 nitrogen and oxygen atoms in total. The standard InChI is InChI=1S/C15H29NO/c1-12(2)14-5-7-15(8-6-14)11-16(13(3)4)9-10-17-15/h12-14H,5-11H2,1-4H3. The van der Waals surface area contributed by atoms with Crippen molar-refractivity contribution in [3.05, 3.63) is 0 Å². The van der Waals surface area contributed by atoms with Gasteiger partial charge in [-0.05, 0) is 51.4 Å². The molecule has 2 rings (SSSR count). The third kappa shape index (κ3) is 3.03. The van der Waals surface area contributed by atoms with Gasteiger partial charge in [-0.3, -0.25) is 4.90 Å². The Balaban J connectivity index is 1.93. The van der Waals surface area contributed by atoms with Crippen LogP contribution in [0.25, 0.3) is 0 Å². The largest absolute Gasteiger partial charge is 0.372 e. The maximum Gasteiger partial charge on any atom is 0.0809 e. The van der Waals surface area contributed by atoms with Gasteiger partial charge in [-0.2, -0.15) is 0 Å². The summed E-state index contributed by atoms with van der Waals surface area (Å²) < 4.78 is 6.17. The van der Waals surface area contributed by atoms with Gasteiger partial charge in [-0.15, -0.1) is 0 Å². The molecule has 0 N–H and O–H groups in total. The molecular formula is C15H29NO. The van der Waals surface area contributed by atoms with Gasteiger partial charge in [0.05, 0.1) is 12.2 Å². The SMILES string of the molecule is CC(C)C1CCC2(CC1)CN(C(C)C)CCO2. The van der Waals surface area contributed by atoms with Crippen LogP contribution >= 0.6 is 0 Å². The Kier molecular flexibility index (Phi) is 4.14. The van der Waals surface area contributed by atoms with Crippen molar-refractivity contribution < 1.29 is 4.74 Å². The van der Waals surface area contributed by atoms with Gasteiger partial charge >= 0.3 is 0 Å². The van der Waals surface area contributed by atoms with Crippen LogP contribution in [0.15, 0.2) is 0 Å². The molecule has 0 atom stereocenters. The molecule has 0 bridgehead atoms. The second kappa shape index (κ2) is 5.27. The predicted molar refractivity (Wildman–Crippen MR) is 72.2 cm³/mol. The van der Waals surface area contributed by atoms with Crippen LogP contribution in [-0.4, -0.2) is 36.2 Å². The Hall–Kier alpha value is -0.0800. The number of hydrogen-bond donors (Lipinski definition) is 0. The number of morpholine rings is 1. The molecule has 17 heavy (non-hydrogen) atoms. The van der Waals surface area contributed by atoms with Crippen LogP contribution in [0.5, 0.6) is 0 Å². The first-order valence-electron chi connectivity index (χ1n) is 7.40. The van der Waals surface area contributed by atoms with E-state index in [-0.39, 0.29) is 5.60 Å². The van der Waals surface area contributed by atoms with E-state index in [2.05, 4.69) is 32.6 Å². The van der Waals surface area contributed by atoms with Gasteiger partial charge in [-0.1, -0.05) is 13.8 Å². The Morgan fingerprint density at radius 3 is 2.29 bits per heavy atom. The summed E-state index contributed by atoms with van der Waals surface area (Å²) in [7, 11) is 0. The predicted octanol–water partition coefficient (Wildman–Crippen LogP) is 3.31. The fourth-order valence-corrected chi connectivity index (χ4v) is 3.45. The number of rotatable bonds is 2. The molecule has 0 aromatic carbocycles. The third-order valence-electron chi connectivity index (χ3n) is 4.89. The summed E-state index contributed by atoms with van der Waals surface area (Å²) in [5, 5.41) is 0. The number of nitrogens with zero attached hydrogens (tertiary/aromatic N) is 1. The van der Waals surface area contributed by atoms with Gasteiger partial charge < -0.3 is 4.74 Å². The first-order chi connectivity index (χ1) is 8.02. The second-order valence-electron chi connectivity index (χ2n) is 6.68. The average Bonchev–Trinajstić information content (AvgIpc) is 2.29. The van der Waals surface area contributed by atoms with E-state index in [4.69, 9.17) is 4.74 Å². The highest BCUT2D eigenvalue weighted by atomic mass is 16.5. The fraction of sp³-hybridized carbons (Fsp3) is 1.00. The van der Waals surface area contributed by atoms with Gasteiger partial charge in [-0.25, -0.2) is 0 Å². The summed E-state index contributed by atoms with van der Waals surface area (Å²) >= 11 is 0. The molecule has 1 spiro atoms. The molecule has 1 heterocycles. The van der Waals surface area contributed by atoms with Crippen LogP contribution in [0.2, 0.25) is 0 Å². The van der Waals surface area contributed by atoms with Crippen molar-refractivity contribution in [1.29, 1.82) is 0 Å². The minimum Gasteiger partial charge on any atom is -0.372 e. The molecule has 0 radical (unpaired) electrons. The lowest BCUT2D eigenvalue weighted by molar-refractivity contribution is -0.140. The van der Waals surface area contributed by atoms with Gasteiger partial charge in [0, 0.05) is 19.1 Å². The zero-order valence-corrected chi connectivity index (χ0v) is 12.0. The third-order valence-corrected chi connectivity index (χ3v) is 4.89. The molecule has 0 amide bonds. The maximum absolute atomic E-state index is 6.17. The van der Waals surface area contributed by atoms with Crippen molar-refractivity contribution in [3.8, 4) is 0 Å². The molecule has 2 aliphatic rings. The Labute approximate surface area is 107 Å². The quantitative estimate of drug-likeness (QED) is 0.733. The lowest BCUT2D eigenvalue weighted by Gasteiger charge is -2.48. The molecule has 1 aliphatic heterocycles. The molecule has 2 fully saturated rings. The molecule has 2 heteroatoms. The van der Waals surface area contributed by atoms with E-state index in [0.717, 1.165) is 31.5 Å². The van der Waals surface area contributed by atoms with Crippen LogP contribution in [-0.2, 0) is 4.74 Å². The van der Waals surface area contributed by atoms with Crippen molar-refractivity contribution in [2.24, 2.45) is 11.8 Å². The number of ether oxygens (including phenoxy) is 1. The molecule has 1 saturated heterocycles. The Morgan fingerprint density at radius 2 is 1.76 bits per heavy atom. The highest BCUT2D eigenvalue weighted by molar-refractivity contribution is 4.93. The highest BCUT2D eigenvalue weighted by Crippen LogP contribution is 2.39. The van der Waals surface area contributed by atoms with Crippen LogP contribution in [0.3, 0.4) is 0 Å². The van der Waals surface area contributed by atoms with Crippen LogP contribution in [0.4, 0.5) is 0 Å². The fourth-order valence-electron chi connectivity index (χ4n) is 3.45. The minimum absolute atomic E-state index is 0.202. The zero-order chi connectivity index (χ0) is 12.5. The maximum atomic E-state index is 6.17. The smallest absolute Gasteiger partial charge is 0.0809 e. The first-order valence-corrected chi connectivity index (χ1v) is 7.40. The molecule has 0 aromatic heterocycles. The van der Waals surface area contributed by atoms with E-state index in [1.54, 1.807) is 0 Å². The van der Waals surface area contributed by atoms with Crippen molar-refractivity contribution in [2.75, 3.05) is 19.7 Å². The Morgan fingerprint density at radius 1 is 1.12 bits per heavy atom. The van der Waals surface area contributed by atoms with Crippen molar-refractivity contribution in [3.63, 3.8) is 0 Å². The van der Waals surface area contributed by atoms with Gasteiger partial charge in [0.2, 0.25) is 0 Å². The minimum atomic E-state index is 0.202. The highest BCUT2D eigenvalue weighted by Gasteiger charge is 2.40. The van der Waals surface area contributed by atoms with Crippen LogP contribution in [0, 0.1) is 11.8 Å². The monoisotopic (exact) mass is 239 g/mol. The Bertz CT molecular complexity index is 241. The van der Waals surface area contributed by atoms with Crippen LogP contribution < -0.4 is 0 Å². The van der Waals surface area contributed by atoms with Crippen LogP contribution in [0.1, 0.15) is 53.4 Å². The summed E-state index contributed by atoms with van der Waals surface area (Å²) in [6, 6.07) is 0.665. The van der Waals surface area contributed by atoms with Crippen molar-refractivity contribution >= 4 is 0 Å².